The number of nitro groups is 1. The van der Waals surface area contributed by atoms with E-state index in [1.807, 2.05) is 0 Å². The Balaban J connectivity index is 3.22. The fourth-order valence-corrected chi connectivity index (χ4v) is 1.59. The Labute approximate surface area is 101 Å². The van der Waals surface area contributed by atoms with Crippen LogP contribution >= 0.6 is 15.9 Å². The van der Waals surface area contributed by atoms with Crippen LogP contribution in [0.2, 0.25) is 0 Å². The number of methoxy groups -OCH3 is 1. The monoisotopic (exact) mass is 287 g/mol. The predicted molar refractivity (Wildman–Crippen MR) is 63.0 cm³/mol. The summed E-state index contributed by atoms with van der Waals surface area (Å²) in [5.41, 5.74) is 0.593. The SMILES string of the molecule is COc1cc(C=C(C)[N+](=O)[O-])cc(Br)c1O. The van der Waals surface area contributed by atoms with Gasteiger partial charge < -0.3 is 9.84 Å². The first-order valence-electron chi connectivity index (χ1n) is 4.35. The third kappa shape index (κ3) is 2.73. The summed E-state index contributed by atoms with van der Waals surface area (Å²) < 4.78 is 5.35. The molecule has 0 spiro atoms. The van der Waals surface area contributed by atoms with Gasteiger partial charge in [-0.3, -0.25) is 10.1 Å². The number of aromatic hydroxyl groups is 1. The molecule has 0 amide bonds. The molecule has 0 aromatic heterocycles. The minimum Gasteiger partial charge on any atom is -0.503 e. The van der Waals surface area contributed by atoms with E-state index >= 15 is 0 Å². The lowest BCUT2D eigenvalue weighted by atomic mass is 10.2. The average molecular weight is 288 g/mol. The molecular weight excluding hydrogens is 278 g/mol. The Morgan fingerprint density at radius 3 is 2.75 bits per heavy atom. The number of phenols is 1. The minimum atomic E-state index is -0.479. The van der Waals surface area contributed by atoms with Crippen molar-refractivity contribution in [3.63, 3.8) is 0 Å². The van der Waals surface area contributed by atoms with Crippen LogP contribution in [0.5, 0.6) is 11.5 Å². The lowest BCUT2D eigenvalue weighted by molar-refractivity contribution is -0.422. The van der Waals surface area contributed by atoms with Crippen LogP contribution in [0, 0.1) is 10.1 Å². The highest BCUT2D eigenvalue weighted by Gasteiger charge is 2.09. The van der Waals surface area contributed by atoms with E-state index in [4.69, 9.17) is 4.74 Å². The summed E-state index contributed by atoms with van der Waals surface area (Å²) in [5.74, 6) is 0.232. The van der Waals surface area contributed by atoms with Gasteiger partial charge in [0, 0.05) is 13.0 Å². The minimum absolute atomic E-state index is 0.0136. The Morgan fingerprint density at radius 2 is 2.25 bits per heavy atom. The molecule has 0 atom stereocenters. The van der Waals surface area contributed by atoms with E-state index in [9.17, 15) is 15.2 Å². The van der Waals surface area contributed by atoms with Crippen molar-refractivity contribution in [1.82, 2.24) is 0 Å². The van der Waals surface area contributed by atoms with Gasteiger partial charge in [-0.05, 0) is 33.6 Å². The fourth-order valence-electron chi connectivity index (χ4n) is 1.13. The van der Waals surface area contributed by atoms with Gasteiger partial charge in [-0.2, -0.15) is 0 Å². The number of allylic oxidation sites excluding steroid dienone is 1. The van der Waals surface area contributed by atoms with Crippen molar-refractivity contribution in [2.24, 2.45) is 0 Å². The largest absolute Gasteiger partial charge is 0.503 e. The molecule has 0 radical (unpaired) electrons. The third-order valence-electron chi connectivity index (χ3n) is 1.93. The standard InChI is InChI=1S/C10H10BrNO4/c1-6(12(14)15)3-7-4-8(11)10(13)9(5-7)16-2/h3-5,13H,1-2H3. The van der Waals surface area contributed by atoms with Gasteiger partial charge in [-0.15, -0.1) is 0 Å². The number of ether oxygens (including phenoxy) is 1. The number of rotatable bonds is 3. The summed E-state index contributed by atoms with van der Waals surface area (Å²) in [6.45, 7) is 1.40. The second kappa shape index (κ2) is 4.98. The Kier molecular flexibility index (Phi) is 3.89. The van der Waals surface area contributed by atoms with E-state index < -0.39 is 4.92 Å². The molecule has 0 heterocycles. The van der Waals surface area contributed by atoms with Crippen molar-refractivity contribution < 1.29 is 14.8 Å². The van der Waals surface area contributed by atoms with Gasteiger partial charge in [-0.1, -0.05) is 0 Å². The van der Waals surface area contributed by atoms with Gasteiger partial charge in [-0.25, -0.2) is 0 Å². The lowest BCUT2D eigenvalue weighted by Crippen LogP contribution is -1.93. The van der Waals surface area contributed by atoms with Crippen molar-refractivity contribution >= 4 is 22.0 Å². The summed E-state index contributed by atoms with van der Waals surface area (Å²) in [7, 11) is 1.41. The molecule has 0 saturated carbocycles. The van der Waals surface area contributed by atoms with E-state index in [1.54, 1.807) is 6.07 Å². The first-order chi connectivity index (χ1) is 7.45. The van der Waals surface area contributed by atoms with E-state index in [0.717, 1.165) is 0 Å². The van der Waals surface area contributed by atoms with Crippen molar-refractivity contribution in [1.29, 1.82) is 0 Å². The van der Waals surface area contributed by atoms with Gasteiger partial charge >= 0.3 is 0 Å². The van der Waals surface area contributed by atoms with Crippen molar-refractivity contribution in [2.45, 2.75) is 6.92 Å². The summed E-state index contributed by atoms with van der Waals surface area (Å²) >= 11 is 3.14. The van der Waals surface area contributed by atoms with Crippen LogP contribution in [-0.4, -0.2) is 17.1 Å². The Morgan fingerprint density at radius 1 is 1.62 bits per heavy atom. The highest BCUT2D eigenvalue weighted by Crippen LogP contribution is 2.35. The number of phenolic OH excluding ortho intramolecular Hbond substituents is 1. The van der Waals surface area contributed by atoms with Crippen molar-refractivity contribution in [2.75, 3.05) is 7.11 Å². The predicted octanol–water partition coefficient (Wildman–Crippen LogP) is 2.80. The molecule has 1 aromatic rings. The third-order valence-corrected chi connectivity index (χ3v) is 2.54. The molecule has 1 aromatic carbocycles. The van der Waals surface area contributed by atoms with Crippen LogP contribution in [0.1, 0.15) is 12.5 Å². The molecule has 1 rings (SSSR count). The quantitative estimate of drug-likeness (QED) is 0.685. The molecule has 0 aliphatic heterocycles. The molecule has 0 fully saturated rings. The van der Waals surface area contributed by atoms with Crippen molar-refractivity contribution in [3.05, 3.63) is 38.0 Å². The number of nitrogens with zero attached hydrogens (tertiary/aromatic N) is 1. The normalized spacial score (nSPS) is 11.3. The van der Waals surface area contributed by atoms with Crippen LogP contribution in [-0.2, 0) is 0 Å². The smallest absolute Gasteiger partial charge is 0.243 e. The maximum atomic E-state index is 10.5. The van der Waals surface area contributed by atoms with Gasteiger partial charge in [0.15, 0.2) is 11.5 Å². The van der Waals surface area contributed by atoms with E-state index in [0.29, 0.717) is 10.0 Å². The lowest BCUT2D eigenvalue weighted by Gasteiger charge is -2.06. The topological polar surface area (TPSA) is 72.6 Å². The molecule has 6 heteroatoms. The van der Waals surface area contributed by atoms with Gasteiger partial charge in [0.25, 0.3) is 0 Å². The maximum absolute atomic E-state index is 10.5. The first-order valence-corrected chi connectivity index (χ1v) is 5.14. The fraction of sp³-hybridized carbons (Fsp3) is 0.200. The van der Waals surface area contributed by atoms with Crippen LogP contribution in [0.3, 0.4) is 0 Å². The zero-order chi connectivity index (χ0) is 12.3. The maximum Gasteiger partial charge on any atom is 0.243 e. The van der Waals surface area contributed by atoms with E-state index in [-0.39, 0.29) is 17.2 Å². The number of benzene rings is 1. The first kappa shape index (κ1) is 12.5. The molecular formula is C10H10BrNO4. The zero-order valence-electron chi connectivity index (χ0n) is 8.73. The summed E-state index contributed by atoms with van der Waals surface area (Å²) in [5, 5.41) is 20.0. The van der Waals surface area contributed by atoms with Gasteiger partial charge in [0.1, 0.15) is 0 Å². The van der Waals surface area contributed by atoms with Crippen LogP contribution < -0.4 is 4.74 Å². The number of hydrogen-bond acceptors (Lipinski definition) is 4. The molecule has 16 heavy (non-hydrogen) atoms. The molecule has 1 N–H and O–H groups in total. The van der Waals surface area contributed by atoms with Gasteiger partial charge in [0.05, 0.1) is 16.5 Å². The Hall–Kier alpha value is -1.56. The molecule has 5 nitrogen and oxygen atoms in total. The van der Waals surface area contributed by atoms with E-state index in [2.05, 4.69) is 15.9 Å². The molecule has 0 saturated heterocycles. The second-order valence-electron chi connectivity index (χ2n) is 3.10. The molecule has 0 aliphatic rings. The zero-order valence-corrected chi connectivity index (χ0v) is 10.3. The molecule has 86 valence electrons. The average Bonchev–Trinajstić information content (AvgIpc) is 2.22. The summed E-state index contributed by atoms with van der Waals surface area (Å²) in [6, 6.07) is 3.10. The van der Waals surface area contributed by atoms with Gasteiger partial charge in [0.2, 0.25) is 5.70 Å². The summed E-state index contributed by atoms with van der Waals surface area (Å²) in [6.07, 6.45) is 1.40. The van der Waals surface area contributed by atoms with E-state index in [1.165, 1.54) is 26.2 Å². The number of halogens is 1. The highest BCUT2D eigenvalue weighted by atomic mass is 79.9. The molecule has 0 bridgehead atoms. The molecule has 0 unspecified atom stereocenters. The Bertz CT molecular complexity index is 456. The molecule has 0 aliphatic carbocycles. The highest BCUT2D eigenvalue weighted by molar-refractivity contribution is 9.10. The second-order valence-corrected chi connectivity index (χ2v) is 3.95. The van der Waals surface area contributed by atoms with Crippen LogP contribution in [0.25, 0.3) is 6.08 Å². The number of hydrogen-bond donors (Lipinski definition) is 1. The van der Waals surface area contributed by atoms with Crippen LogP contribution in [0.15, 0.2) is 22.3 Å². The van der Waals surface area contributed by atoms with Crippen molar-refractivity contribution in [3.8, 4) is 11.5 Å². The summed E-state index contributed by atoms with van der Waals surface area (Å²) in [4.78, 5) is 9.98. The van der Waals surface area contributed by atoms with Crippen LogP contribution in [0.4, 0.5) is 0 Å².